The maximum Gasteiger partial charge on any atom is 0.234 e. The normalized spacial score (nSPS) is 10.9. The van der Waals surface area contributed by atoms with E-state index < -0.39 is 0 Å². The summed E-state index contributed by atoms with van der Waals surface area (Å²) >= 11 is 1.33. The van der Waals surface area contributed by atoms with Gasteiger partial charge in [0.1, 0.15) is 5.69 Å². The molecule has 0 aliphatic carbocycles. The Morgan fingerprint density at radius 1 is 1.03 bits per heavy atom. The molecule has 0 saturated carbocycles. The molecule has 9 heteroatoms. The fourth-order valence-corrected chi connectivity index (χ4v) is 4.26. The van der Waals surface area contributed by atoms with E-state index in [0.29, 0.717) is 28.8 Å². The molecule has 0 aliphatic heterocycles. The molecule has 0 atom stereocenters. The first-order valence-corrected chi connectivity index (χ1v) is 11.5. The Bertz CT molecular complexity index is 1280. The van der Waals surface area contributed by atoms with Crippen LogP contribution in [0.5, 0.6) is 0 Å². The van der Waals surface area contributed by atoms with E-state index in [0.717, 1.165) is 16.8 Å². The maximum absolute atomic E-state index is 12.5. The van der Waals surface area contributed by atoms with E-state index in [9.17, 15) is 9.59 Å². The molecule has 0 saturated heterocycles. The van der Waals surface area contributed by atoms with Gasteiger partial charge in [0.25, 0.3) is 0 Å². The van der Waals surface area contributed by atoms with Gasteiger partial charge in [0.15, 0.2) is 16.8 Å². The largest absolute Gasteiger partial charge is 0.325 e. The summed E-state index contributed by atoms with van der Waals surface area (Å²) in [6, 6.07) is 16.8. The highest BCUT2D eigenvalue weighted by Gasteiger charge is 2.20. The van der Waals surface area contributed by atoms with E-state index in [1.165, 1.54) is 18.7 Å². The number of aryl methyl sites for hydroxylation is 1. The second-order valence-electron chi connectivity index (χ2n) is 7.45. The van der Waals surface area contributed by atoms with Gasteiger partial charge in [-0.2, -0.15) is 5.10 Å². The van der Waals surface area contributed by atoms with Gasteiger partial charge in [0.05, 0.1) is 11.3 Å². The van der Waals surface area contributed by atoms with Gasteiger partial charge in [-0.25, -0.2) is 0 Å². The van der Waals surface area contributed by atoms with Crippen molar-refractivity contribution in [2.45, 2.75) is 25.5 Å². The Morgan fingerprint density at radius 2 is 1.76 bits per heavy atom. The van der Waals surface area contributed by atoms with Crippen molar-refractivity contribution in [1.29, 1.82) is 0 Å². The summed E-state index contributed by atoms with van der Waals surface area (Å²) in [7, 11) is 1.88. The monoisotopic (exact) mass is 460 g/mol. The van der Waals surface area contributed by atoms with Crippen molar-refractivity contribution < 1.29 is 9.59 Å². The number of ketones is 1. The molecule has 4 aromatic rings. The Hall–Kier alpha value is -3.72. The van der Waals surface area contributed by atoms with Gasteiger partial charge in [0, 0.05) is 36.6 Å². The van der Waals surface area contributed by atoms with Gasteiger partial charge >= 0.3 is 0 Å². The predicted octanol–water partition coefficient (Wildman–Crippen LogP) is 4.30. The van der Waals surface area contributed by atoms with Crippen LogP contribution in [0, 0.1) is 0 Å². The average Bonchev–Trinajstić information content (AvgIpc) is 3.41. The highest BCUT2D eigenvalue weighted by Crippen LogP contribution is 2.31. The van der Waals surface area contributed by atoms with Crippen LogP contribution in [-0.2, 0) is 18.4 Å². The number of hydrogen-bond donors (Lipinski definition) is 1. The molecule has 0 spiro atoms. The zero-order valence-corrected chi connectivity index (χ0v) is 19.5. The average molecular weight is 461 g/mol. The van der Waals surface area contributed by atoms with Crippen molar-refractivity contribution in [1.82, 2.24) is 24.5 Å². The minimum Gasteiger partial charge on any atom is -0.325 e. The standard InChI is InChI=1S/C24H24N6O2S/c1-4-30-23(20-14-29(3)28-22(20)18-8-6-5-7-9-18)26-27-24(30)33-15-21(32)25-19-12-10-17(11-13-19)16(2)31/h5-14H,4,15H2,1-3H3,(H,25,32). The number of nitrogens with one attached hydrogen (secondary N) is 1. The molecule has 0 bridgehead atoms. The summed E-state index contributed by atoms with van der Waals surface area (Å²) in [4.78, 5) is 23.8. The van der Waals surface area contributed by atoms with E-state index in [2.05, 4.69) is 20.6 Å². The van der Waals surface area contributed by atoms with Gasteiger partial charge in [0.2, 0.25) is 5.91 Å². The molecule has 4 rings (SSSR count). The zero-order chi connectivity index (χ0) is 23.4. The summed E-state index contributed by atoms with van der Waals surface area (Å²) in [5, 5.41) is 16.9. The summed E-state index contributed by atoms with van der Waals surface area (Å²) in [6.07, 6.45) is 1.93. The Kier molecular flexibility index (Phi) is 6.69. The molecule has 1 amide bonds. The smallest absolute Gasteiger partial charge is 0.234 e. The third-order valence-electron chi connectivity index (χ3n) is 5.06. The van der Waals surface area contributed by atoms with Crippen LogP contribution < -0.4 is 5.32 Å². The fraction of sp³-hybridized carbons (Fsp3) is 0.208. The minimum absolute atomic E-state index is 0.0119. The maximum atomic E-state index is 12.5. The molecule has 8 nitrogen and oxygen atoms in total. The zero-order valence-electron chi connectivity index (χ0n) is 18.6. The van der Waals surface area contributed by atoms with Crippen LogP contribution in [-0.4, -0.2) is 42.0 Å². The molecule has 0 unspecified atom stereocenters. The highest BCUT2D eigenvalue weighted by molar-refractivity contribution is 7.99. The summed E-state index contributed by atoms with van der Waals surface area (Å²) < 4.78 is 3.76. The molecule has 33 heavy (non-hydrogen) atoms. The summed E-state index contributed by atoms with van der Waals surface area (Å²) in [5.74, 6) is 0.731. The highest BCUT2D eigenvalue weighted by atomic mass is 32.2. The van der Waals surface area contributed by atoms with E-state index in [1.807, 2.05) is 55.1 Å². The molecule has 2 aromatic carbocycles. The van der Waals surface area contributed by atoms with Crippen LogP contribution in [0.3, 0.4) is 0 Å². The van der Waals surface area contributed by atoms with E-state index in [4.69, 9.17) is 0 Å². The fourth-order valence-electron chi connectivity index (χ4n) is 3.46. The lowest BCUT2D eigenvalue weighted by Gasteiger charge is -2.08. The van der Waals surface area contributed by atoms with Crippen molar-refractivity contribution >= 4 is 29.1 Å². The van der Waals surface area contributed by atoms with Crippen molar-refractivity contribution in [3.05, 3.63) is 66.4 Å². The SMILES string of the molecule is CCn1c(SCC(=O)Nc2ccc(C(C)=O)cc2)nnc1-c1cn(C)nc1-c1ccccc1. The molecule has 2 aromatic heterocycles. The first-order chi connectivity index (χ1) is 16.0. The molecule has 0 radical (unpaired) electrons. The first kappa shape index (κ1) is 22.5. The van der Waals surface area contributed by atoms with Crippen LogP contribution in [0.2, 0.25) is 0 Å². The van der Waals surface area contributed by atoms with E-state index >= 15 is 0 Å². The van der Waals surface area contributed by atoms with E-state index in [1.54, 1.807) is 28.9 Å². The van der Waals surface area contributed by atoms with Gasteiger partial charge in [-0.15, -0.1) is 10.2 Å². The molecular weight excluding hydrogens is 436 g/mol. The number of Topliss-reactive ketones (excluding diaryl/α,β-unsaturated/α-hetero) is 1. The second-order valence-corrected chi connectivity index (χ2v) is 8.39. The third-order valence-corrected chi connectivity index (χ3v) is 6.02. The van der Waals surface area contributed by atoms with Crippen LogP contribution >= 0.6 is 11.8 Å². The number of anilines is 1. The summed E-state index contributed by atoms with van der Waals surface area (Å²) in [5.41, 5.74) is 3.98. The van der Waals surface area contributed by atoms with Crippen molar-refractivity contribution in [3.63, 3.8) is 0 Å². The quantitative estimate of drug-likeness (QED) is 0.311. The number of hydrogen-bond acceptors (Lipinski definition) is 6. The number of thioether (sulfide) groups is 1. The molecule has 0 aliphatic rings. The van der Waals surface area contributed by atoms with Crippen molar-refractivity contribution in [3.8, 4) is 22.6 Å². The Labute approximate surface area is 196 Å². The molecule has 0 fully saturated rings. The van der Waals surface area contributed by atoms with Gasteiger partial charge < -0.3 is 9.88 Å². The van der Waals surface area contributed by atoms with Gasteiger partial charge in [-0.1, -0.05) is 42.1 Å². The number of amides is 1. The number of aromatic nitrogens is 5. The number of benzene rings is 2. The van der Waals surface area contributed by atoms with Gasteiger partial charge in [-0.05, 0) is 38.1 Å². The van der Waals surface area contributed by atoms with Crippen molar-refractivity contribution in [2.75, 3.05) is 11.1 Å². The predicted molar refractivity (Wildman–Crippen MR) is 129 cm³/mol. The first-order valence-electron chi connectivity index (χ1n) is 10.5. The van der Waals surface area contributed by atoms with Crippen molar-refractivity contribution in [2.24, 2.45) is 7.05 Å². The lowest BCUT2D eigenvalue weighted by Crippen LogP contribution is -2.14. The van der Waals surface area contributed by atoms with E-state index in [-0.39, 0.29) is 17.4 Å². The number of carbonyl (C=O) groups excluding carboxylic acids is 2. The second kappa shape index (κ2) is 9.83. The number of carbonyl (C=O) groups is 2. The van der Waals surface area contributed by atoms with Crippen LogP contribution in [0.4, 0.5) is 5.69 Å². The topological polar surface area (TPSA) is 94.7 Å². The number of nitrogens with zero attached hydrogens (tertiary/aromatic N) is 5. The molecular formula is C24H24N6O2S. The lowest BCUT2D eigenvalue weighted by atomic mass is 10.1. The molecule has 168 valence electrons. The summed E-state index contributed by atoms with van der Waals surface area (Å²) in [6.45, 7) is 4.19. The third kappa shape index (κ3) is 5.04. The van der Waals surface area contributed by atoms with Crippen LogP contribution in [0.15, 0.2) is 66.0 Å². The molecule has 2 heterocycles. The Morgan fingerprint density at radius 3 is 2.42 bits per heavy atom. The lowest BCUT2D eigenvalue weighted by molar-refractivity contribution is -0.113. The van der Waals surface area contributed by atoms with Crippen LogP contribution in [0.1, 0.15) is 24.2 Å². The van der Waals surface area contributed by atoms with Crippen LogP contribution in [0.25, 0.3) is 22.6 Å². The minimum atomic E-state index is -0.158. The Balaban J connectivity index is 1.50. The number of rotatable bonds is 8. The molecule has 1 N–H and O–H groups in total. The van der Waals surface area contributed by atoms with Gasteiger partial charge in [-0.3, -0.25) is 14.3 Å².